The SMILES string of the molecule is C/C1=N/CCCCCCS1. The van der Waals surface area contributed by atoms with Crippen molar-refractivity contribution in [2.24, 2.45) is 4.99 Å². The van der Waals surface area contributed by atoms with Crippen LogP contribution in [0.25, 0.3) is 0 Å². The van der Waals surface area contributed by atoms with Crippen LogP contribution in [0, 0.1) is 0 Å². The topological polar surface area (TPSA) is 12.4 Å². The zero-order chi connectivity index (χ0) is 7.23. The largest absolute Gasteiger partial charge is 0.283 e. The van der Waals surface area contributed by atoms with Crippen LogP contribution in [-0.4, -0.2) is 17.3 Å². The molecule has 0 spiro atoms. The zero-order valence-corrected chi connectivity index (χ0v) is 7.41. The summed E-state index contributed by atoms with van der Waals surface area (Å²) in [7, 11) is 0. The van der Waals surface area contributed by atoms with Crippen LogP contribution in [-0.2, 0) is 0 Å². The first-order valence-electron chi connectivity index (χ1n) is 4.03. The summed E-state index contributed by atoms with van der Waals surface area (Å²) < 4.78 is 0. The lowest BCUT2D eigenvalue weighted by Gasteiger charge is -1.95. The number of rotatable bonds is 0. The molecule has 1 rings (SSSR count). The normalized spacial score (nSPS) is 27.5. The number of aliphatic imine (C=N–C) groups is 1. The van der Waals surface area contributed by atoms with Crippen molar-refractivity contribution in [3.8, 4) is 0 Å². The van der Waals surface area contributed by atoms with Crippen molar-refractivity contribution in [1.82, 2.24) is 0 Å². The first-order chi connectivity index (χ1) is 4.89. The van der Waals surface area contributed by atoms with Crippen LogP contribution in [0.3, 0.4) is 0 Å². The summed E-state index contributed by atoms with van der Waals surface area (Å²) >= 11 is 1.92. The van der Waals surface area contributed by atoms with E-state index in [2.05, 4.69) is 11.9 Å². The quantitative estimate of drug-likeness (QED) is 0.526. The Hall–Kier alpha value is 0.0200. The molecule has 0 aromatic rings. The molecule has 0 unspecified atom stereocenters. The van der Waals surface area contributed by atoms with Gasteiger partial charge in [-0.25, -0.2) is 0 Å². The van der Waals surface area contributed by atoms with E-state index < -0.39 is 0 Å². The predicted octanol–water partition coefficient (Wildman–Crippen LogP) is 2.71. The second-order valence-electron chi connectivity index (χ2n) is 2.66. The van der Waals surface area contributed by atoms with Crippen molar-refractivity contribution >= 4 is 16.8 Å². The van der Waals surface area contributed by atoms with E-state index in [0.717, 1.165) is 6.54 Å². The van der Waals surface area contributed by atoms with Gasteiger partial charge in [0.1, 0.15) is 0 Å². The summed E-state index contributed by atoms with van der Waals surface area (Å²) in [5.41, 5.74) is 0. The van der Waals surface area contributed by atoms with Gasteiger partial charge in [-0.05, 0) is 25.5 Å². The van der Waals surface area contributed by atoms with E-state index in [0.29, 0.717) is 0 Å². The average Bonchev–Trinajstić information content (AvgIpc) is 2.02. The van der Waals surface area contributed by atoms with Gasteiger partial charge < -0.3 is 0 Å². The zero-order valence-electron chi connectivity index (χ0n) is 6.60. The van der Waals surface area contributed by atoms with Gasteiger partial charge in [-0.3, -0.25) is 4.99 Å². The molecular formula is C8H15NS. The smallest absolute Gasteiger partial charge is 0.0644 e. The first kappa shape index (κ1) is 8.12. The molecule has 0 radical (unpaired) electrons. The van der Waals surface area contributed by atoms with Gasteiger partial charge >= 0.3 is 0 Å². The molecule has 0 aromatic carbocycles. The van der Waals surface area contributed by atoms with E-state index >= 15 is 0 Å². The van der Waals surface area contributed by atoms with Gasteiger partial charge in [0.05, 0.1) is 5.04 Å². The molecule has 58 valence electrons. The molecule has 10 heavy (non-hydrogen) atoms. The molecule has 1 aliphatic heterocycles. The van der Waals surface area contributed by atoms with Crippen LogP contribution in [0.1, 0.15) is 32.6 Å². The van der Waals surface area contributed by atoms with Crippen LogP contribution in [0.15, 0.2) is 4.99 Å². The highest BCUT2D eigenvalue weighted by molar-refractivity contribution is 8.13. The van der Waals surface area contributed by atoms with Gasteiger partial charge in [0.25, 0.3) is 0 Å². The third-order valence-corrected chi connectivity index (χ3v) is 2.74. The summed E-state index contributed by atoms with van der Waals surface area (Å²) in [5, 5.41) is 1.28. The minimum absolute atomic E-state index is 1.05. The molecule has 0 aliphatic carbocycles. The van der Waals surface area contributed by atoms with Crippen LogP contribution >= 0.6 is 11.8 Å². The van der Waals surface area contributed by atoms with Gasteiger partial charge in [0.2, 0.25) is 0 Å². The van der Waals surface area contributed by atoms with Crippen molar-refractivity contribution in [2.75, 3.05) is 12.3 Å². The second kappa shape index (κ2) is 4.78. The summed E-state index contributed by atoms with van der Waals surface area (Å²) in [4.78, 5) is 4.42. The first-order valence-corrected chi connectivity index (χ1v) is 5.02. The number of hydrogen-bond acceptors (Lipinski definition) is 2. The lowest BCUT2D eigenvalue weighted by molar-refractivity contribution is 0.681. The fraction of sp³-hybridized carbons (Fsp3) is 0.875. The Balaban J connectivity index is 2.29. The molecule has 1 aliphatic rings. The molecule has 0 amide bonds. The third kappa shape index (κ3) is 3.25. The molecule has 0 aromatic heterocycles. The third-order valence-electron chi connectivity index (χ3n) is 1.70. The van der Waals surface area contributed by atoms with E-state index in [4.69, 9.17) is 0 Å². The van der Waals surface area contributed by atoms with E-state index in [9.17, 15) is 0 Å². The van der Waals surface area contributed by atoms with E-state index in [-0.39, 0.29) is 0 Å². The number of hydrogen-bond donors (Lipinski definition) is 0. The fourth-order valence-corrected chi connectivity index (χ4v) is 1.90. The molecule has 0 saturated heterocycles. The summed E-state index contributed by atoms with van der Waals surface area (Å²) in [6.07, 6.45) is 5.43. The van der Waals surface area contributed by atoms with Gasteiger partial charge in [-0.1, -0.05) is 12.8 Å². The van der Waals surface area contributed by atoms with Gasteiger partial charge in [-0.15, -0.1) is 11.8 Å². The molecule has 0 atom stereocenters. The Labute approximate surface area is 67.3 Å². The van der Waals surface area contributed by atoms with Crippen molar-refractivity contribution in [1.29, 1.82) is 0 Å². The summed E-state index contributed by atoms with van der Waals surface area (Å²) in [5.74, 6) is 1.27. The van der Waals surface area contributed by atoms with E-state index in [1.807, 2.05) is 11.8 Å². The van der Waals surface area contributed by atoms with E-state index in [1.54, 1.807) is 0 Å². The highest BCUT2D eigenvalue weighted by atomic mass is 32.2. The van der Waals surface area contributed by atoms with Crippen molar-refractivity contribution in [2.45, 2.75) is 32.6 Å². The highest BCUT2D eigenvalue weighted by Crippen LogP contribution is 2.12. The number of thioether (sulfide) groups is 1. The van der Waals surface area contributed by atoms with E-state index in [1.165, 1.54) is 36.5 Å². The van der Waals surface area contributed by atoms with Crippen molar-refractivity contribution < 1.29 is 0 Å². The second-order valence-corrected chi connectivity index (χ2v) is 3.95. The Bertz CT molecular complexity index is 120. The molecule has 2 heteroatoms. The monoisotopic (exact) mass is 157 g/mol. The maximum atomic E-state index is 4.42. The molecule has 0 bridgehead atoms. The van der Waals surface area contributed by atoms with Gasteiger partial charge in [-0.2, -0.15) is 0 Å². The Morgan fingerprint density at radius 3 is 2.90 bits per heavy atom. The maximum absolute atomic E-state index is 4.42. The van der Waals surface area contributed by atoms with Crippen LogP contribution in [0.4, 0.5) is 0 Å². The minimum Gasteiger partial charge on any atom is -0.283 e. The Morgan fingerprint density at radius 2 is 2.00 bits per heavy atom. The lowest BCUT2D eigenvalue weighted by atomic mass is 10.2. The standard InChI is InChI=1S/C8H15NS/c1-8-9-6-4-2-3-5-7-10-8/h2-7H2,1H3/b9-8-. The maximum Gasteiger partial charge on any atom is 0.0644 e. The lowest BCUT2D eigenvalue weighted by Crippen LogP contribution is -1.86. The molecule has 0 saturated carbocycles. The van der Waals surface area contributed by atoms with Crippen LogP contribution < -0.4 is 0 Å². The minimum atomic E-state index is 1.05. The van der Waals surface area contributed by atoms with Crippen molar-refractivity contribution in [3.05, 3.63) is 0 Å². The average molecular weight is 157 g/mol. The Kier molecular flexibility index (Phi) is 3.88. The Morgan fingerprint density at radius 1 is 1.20 bits per heavy atom. The van der Waals surface area contributed by atoms with Gasteiger partial charge in [0.15, 0.2) is 0 Å². The molecule has 1 heterocycles. The molecule has 0 N–H and O–H groups in total. The van der Waals surface area contributed by atoms with Gasteiger partial charge in [0, 0.05) is 6.54 Å². The fourth-order valence-electron chi connectivity index (χ4n) is 1.07. The summed E-state index contributed by atoms with van der Waals surface area (Å²) in [6, 6.07) is 0. The highest BCUT2D eigenvalue weighted by Gasteiger charge is 1.96. The van der Waals surface area contributed by atoms with Crippen LogP contribution in [0.5, 0.6) is 0 Å². The molecule has 0 fully saturated rings. The summed E-state index contributed by atoms with van der Waals surface area (Å²) in [6.45, 7) is 3.18. The molecule has 1 nitrogen and oxygen atoms in total. The molecular weight excluding hydrogens is 142 g/mol. The van der Waals surface area contributed by atoms with Crippen LogP contribution in [0.2, 0.25) is 0 Å². The number of nitrogens with zero attached hydrogens (tertiary/aromatic N) is 1. The van der Waals surface area contributed by atoms with Crippen molar-refractivity contribution in [3.63, 3.8) is 0 Å². The predicted molar refractivity (Wildman–Crippen MR) is 48.9 cm³/mol.